The quantitative estimate of drug-likeness (QED) is 0.707. The van der Waals surface area contributed by atoms with Crippen molar-refractivity contribution < 1.29 is 9.53 Å². The summed E-state index contributed by atoms with van der Waals surface area (Å²) in [6, 6.07) is 17.5. The maximum absolute atomic E-state index is 12.3. The standard InChI is InChI=1S/C21H26N2O2S.ClH/c22-20(17-6-2-1-3-7-17)14-21(24)23-18-8-4-5-16(13-18)15-26-19-9-11-25-12-10-19;/h1-8,13,19-20H,9-12,14-15,22H2,(H,23,24);1H. The van der Waals surface area contributed by atoms with Crippen LogP contribution in [0.1, 0.15) is 36.4 Å². The van der Waals surface area contributed by atoms with Crippen LogP contribution in [0.25, 0.3) is 0 Å². The van der Waals surface area contributed by atoms with E-state index in [-0.39, 0.29) is 30.8 Å². The molecule has 1 amide bonds. The molecule has 3 rings (SSSR count). The van der Waals surface area contributed by atoms with E-state index < -0.39 is 0 Å². The molecule has 1 unspecified atom stereocenters. The Morgan fingerprint density at radius 1 is 1.15 bits per heavy atom. The number of nitrogens with two attached hydrogens (primary N) is 1. The number of benzene rings is 2. The molecule has 0 bridgehead atoms. The van der Waals surface area contributed by atoms with Gasteiger partial charge in [0.05, 0.1) is 0 Å². The fraction of sp³-hybridized carbons (Fsp3) is 0.381. The summed E-state index contributed by atoms with van der Waals surface area (Å²) in [6.45, 7) is 1.74. The van der Waals surface area contributed by atoms with E-state index in [1.807, 2.05) is 54.2 Å². The molecule has 0 radical (unpaired) electrons. The smallest absolute Gasteiger partial charge is 0.226 e. The van der Waals surface area contributed by atoms with Crippen molar-refractivity contribution in [1.82, 2.24) is 0 Å². The normalized spacial score (nSPS) is 15.6. The van der Waals surface area contributed by atoms with Gasteiger partial charge in [0.15, 0.2) is 0 Å². The number of hydrogen-bond acceptors (Lipinski definition) is 4. The van der Waals surface area contributed by atoms with Gasteiger partial charge in [0, 0.05) is 42.4 Å². The molecule has 1 fully saturated rings. The van der Waals surface area contributed by atoms with Gasteiger partial charge in [0.1, 0.15) is 0 Å². The van der Waals surface area contributed by atoms with Gasteiger partial charge in [-0.1, -0.05) is 42.5 Å². The average molecular weight is 407 g/mol. The molecule has 1 aliphatic rings. The number of halogens is 1. The molecule has 1 atom stereocenters. The van der Waals surface area contributed by atoms with Crippen molar-refractivity contribution in [2.24, 2.45) is 5.73 Å². The Morgan fingerprint density at radius 3 is 2.63 bits per heavy atom. The highest BCUT2D eigenvalue weighted by atomic mass is 35.5. The second-order valence-electron chi connectivity index (χ2n) is 6.59. The summed E-state index contributed by atoms with van der Waals surface area (Å²) in [4.78, 5) is 12.3. The van der Waals surface area contributed by atoms with Gasteiger partial charge in [0.25, 0.3) is 0 Å². The third-order valence-corrected chi connectivity index (χ3v) is 5.94. The summed E-state index contributed by atoms with van der Waals surface area (Å²) in [7, 11) is 0. The maximum Gasteiger partial charge on any atom is 0.226 e. The first-order chi connectivity index (χ1) is 12.7. The van der Waals surface area contributed by atoms with Gasteiger partial charge < -0.3 is 15.8 Å². The lowest BCUT2D eigenvalue weighted by Crippen LogP contribution is -2.20. The fourth-order valence-electron chi connectivity index (χ4n) is 3.03. The molecule has 2 aromatic rings. The lowest BCUT2D eigenvalue weighted by Gasteiger charge is -2.21. The van der Waals surface area contributed by atoms with Gasteiger partial charge in [-0.15, -0.1) is 12.4 Å². The van der Waals surface area contributed by atoms with E-state index in [0.29, 0.717) is 5.25 Å². The van der Waals surface area contributed by atoms with Crippen LogP contribution in [0.3, 0.4) is 0 Å². The van der Waals surface area contributed by atoms with Gasteiger partial charge in [0.2, 0.25) is 5.91 Å². The average Bonchev–Trinajstić information content (AvgIpc) is 2.68. The zero-order valence-corrected chi connectivity index (χ0v) is 16.9. The van der Waals surface area contributed by atoms with E-state index >= 15 is 0 Å². The third-order valence-electron chi connectivity index (χ3n) is 4.50. The molecule has 3 N–H and O–H groups in total. The van der Waals surface area contributed by atoms with Gasteiger partial charge in [-0.3, -0.25) is 4.79 Å². The molecule has 27 heavy (non-hydrogen) atoms. The molecule has 146 valence electrons. The first-order valence-corrected chi connectivity index (χ1v) is 10.1. The van der Waals surface area contributed by atoms with E-state index in [2.05, 4.69) is 17.4 Å². The van der Waals surface area contributed by atoms with E-state index in [1.165, 1.54) is 5.56 Å². The van der Waals surface area contributed by atoms with Gasteiger partial charge in [-0.2, -0.15) is 11.8 Å². The van der Waals surface area contributed by atoms with Crippen molar-refractivity contribution in [3.8, 4) is 0 Å². The minimum absolute atomic E-state index is 0. The van der Waals surface area contributed by atoms with Crippen molar-refractivity contribution in [1.29, 1.82) is 0 Å². The second kappa shape index (κ2) is 11.3. The van der Waals surface area contributed by atoms with Crippen LogP contribution < -0.4 is 11.1 Å². The molecule has 2 aromatic carbocycles. The first-order valence-electron chi connectivity index (χ1n) is 9.09. The summed E-state index contributed by atoms with van der Waals surface area (Å²) in [5.74, 6) is 0.897. The summed E-state index contributed by atoms with van der Waals surface area (Å²) in [5, 5.41) is 3.64. The lowest BCUT2D eigenvalue weighted by molar-refractivity contribution is -0.116. The largest absolute Gasteiger partial charge is 0.381 e. The van der Waals surface area contributed by atoms with Crippen molar-refractivity contribution >= 4 is 35.8 Å². The van der Waals surface area contributed by atoms with Crippen LogP contribution in [0.2, 0.25) is 0 Å². The zero-order chi connectivity index (χ0) is 18.2. The van der Waals surface area contributed by atoms with Crippen molar-refractivity contribution in [3.63, 3.8) is 0 Å². The highest BCUT2D eigenvalue weighted by Crippen LogP contribution is 2.26. The number of nitrogens with one attached hydrogen (secondary N) is 1. The zero-order valence-electron chi connectivity index (χ0n) is 15.3. The van der Waals surface area contributed by atoms with Crippen molar-refractivity contribution in [3.05, 3.63) is 65.7 Å². The number of thioether (sulfide) groups is 1. The van der Waals surface area contributed by atoms with Gasteiger partial charge in [-0.25, -0.2) is 0 Å². The van der Waals surface area contributed by atoms with Crippen LogP contribution in [0, 0.1) is 0 Å². The predicted molar refractivity (Wildman–Crippen MR) is 115 cm³/mol. The molecule has 0 spiro atoms. The number of ether oxygens (including phenoxy) is 1. The van der Waals surface area contributed by atoms with Crippen LogP contribution in [0.4, 0.5) is 5.69 Å². The molecule has 4 nitrogen and oxygen atoms in total. The molecule has 6 heteroatoms. The Balaban J connectivity index is 0.00000261. The predicted octanol–water partition coefficient (Wildman–Crippen LogP) is 4.55. The topological polar surface area (TPSA) is 64.4 Å². The Bertz CT molecular complexity index is 708. The number of hydrogen-bond donors (Lipinski definition) is 2. The highest BCUT2D eigenvalue weighted by molar-refractivity contribution is 7.99. The molecule has 1 saturated heterocycles. The molecule has 1 aliphatic heterocycles. The second-order valence-corrected chi connectivity index (χ2v) is 7.88. The minimum atomic E-state index is -0.288. The number of carbonyl (C=O) groups is 1. The number of amides is 1. The Kier molecular flexibility index (Phi) is 9.15. The van der Waals surface area contributed by atoms with Crippen LogP contribution in [0.15, 0.2) is 54.6 Å². The SMILES string of the molecule is Cl.NC(CC(=O)Nc1cccc(CSC2CCOCC2)c1)c1ccccc1. The maximum atomic E-state index is 12.3. The number of carbonyl (C=O) groups excluding carboxylic acids is 1. The Labute approximate surface area is 171 Å². The van der Waals surface area contributed by atoms with Gasteiger partial charge in [-0.05, 0) is 36.1 Å². The van der Waals surface area contributed by atoms with Gasteiger partial charge >= 0.3 is 0 Å². The molecule has 1 heterocycles. The molecule has 0 aliphatic carbocycles. The first kappa shape index (κ1) is 21.8. The monoisotopic (exact) mass is 406 g/mol. The van der Waals surface area contributed by atoms with Crippen LogP contribution in [-0.2, 0) is 15.3 Å². The van der Waals surface area contributed by atoms with Crippen molar-refractivity contribution in [2.45, 2.75) is 36.3 Å². The highest BCUT2D eigenvalue weighted by Gasteiger charge is 2.15. The number of anilines is 1. The summed E-state index contributed by atoms with van der Waals surface area (Å²) in [6.07, 6.45) is 2.52. The van der Waals surface area contributed by atoms with Crippen LogP contribution in [-0.4, -0.2) is 24.4 Å². The Morgan fingerprint density at radius 2 is 1.89 bits per heavy atom. The fourth-order valence-corrected chi connectivity index (χ4v) is 4.16. The Hall–Kier alpha value is -1.53. The molecule has 0 aromatic heterocycles. The summed E-state index contributed by atoms with van der Waals surface area (Å²) >= 11 is 1.97. The lowest BCUT2D eigenvalue weighted by atomic mass is 10.0. The van der Waals surface area contributed by atoms with E-state index in [1.54, 1.807) is 0 Å². The summed E-state index contributed by atoms with van der Waals surface area (Å²) < 4.78 is 5.41. The number of rotatable bonds is 7. The molecule has 0 saturated carbocycles. The van der Waals surface area contributed by atoms with E-state index in [0.717, 1.165) is 43.1 Å². The van der Waals surface area contributed by atoms with E-state index in [4.69, 9.17) is 10.5 Å². The van der Waals surface area contributed by atoms with Crippen molar-refractivity contribution in [2.75, 3.05) is 18.5 Å². The van der Waals surface area contributed by atoms with E-state index in [9.17, 15) is 4.79 Å². The minimum Gasteiger partial charge on any atom is -0.381 e. The third kappa shape index (κ3) is 7.18. The molecular weight excluding hydrogens is 380 g/mol. The van der Waals surface area contributed by atoms with Crippen LogP contribution in [0.5, 0.6) is 0 Å². The summed E-state index contributed by atoms with van der Waals surface area (Å²) in [5.41, 5.74) is 9.17. The molecular formula is C21H27ClN2O2S. The van der Waals surface area contributed by atoms with Crippen LogP contribution >= 0.6 is 24.2 Å².